The van der Waals surface area contributed by atoms with E-state index in [2.05, 4.69) is 217 Å². The van der Waals surface area contributed by atoms with Crippen molar-refractivity contribution < 1.29 is 4.74 Å². The molecule has 51 heavy (non-hydrogen) atoms. The second-order valence-electron chi connectivity index (χ2n) is 12.9. The van der Waals surface area contributed by atoms with Crippen LogP contribution in [0.5, 0.6) is 5.75 Å². The second kappa shape index (κ2) is 13.0. The van der Waals surface area contributed by atoms with E-state index in [9.17, 15) is 0 Å². The first-order valence-corrected chi connectivity index (χ1v) is 17.4. The third kappa shape index (κ3) is 5.39. The maximum absolute atomic E-state index is 7.56. The molecular formula is C49H35NO. The summed E-state index contributed by atoms with van der Waals surface area (Å²) in [5.41, 5.74) is 12.5. The molecule has 1 heterocycles. The molecule has 0 unspecified atom stereocenters. The number of nitrogens with zero attached hydrogens (tertiary/aromatic N) is 1. The molecule has 8 aromatic carbocycles. The first-order valence-electron chi connectivity index (χ1n) is 17.4. The molecule has 0 N–H and O–H groups in total. The molecule has 0 amide bonds. The molecule has 0 radical (unpaired) electrons. The predicted molar refractivity (Wildman–Crippen MR) is 211 cm³/mol. The lowest BCUT2D eigenvalue weighted by atomic mass is 9.74. The van der Waals surface area contributed by atoms with Gasteiger partial charge in [-0.25, -0.2) is 0 Å². The van der Waals surface area contributed by atoms with Gasteiger partial charge in [0, 0.05) is 45.4 Å². The molecule has 1 aliphatic heterocycles. The van der Waals surface area contributed by atoms with Gasteiger partial charge in [0.05, 0.1) is 0 Å². The zero-order valence-corrected chi connectivity index (χ0v) is 28.1. The predicted octanol–water partition coefficient (Wildman–Crippen LogP) is 12.8. The third-order valence-corrected chi connectivity index (χ3v) is 9.89. The SMILES string of the molecule is c1ccc(-c2ccccc2-c2ccc3c(c2)C(c2ccccc2)(c2ccccc2)Oc2cc(N(c4ccccc4)c4ccccc4)ccc2-3)cc1. The van der Waals surface area contributed by atoms with E-state index in [-0.39, 0.29) is 0 Å². The molecule has 0 aliphatic carbocycles. The zero-order valence-electron chi connectivity index (χ0n) is 28.1. The molecule has 0 aromatic heterocycles. The number of rotatable bonds is 7. The van der Waals surface area contributed by atoms with Crippen molar-refractivity contribution in [2.45, 2.75) is 5.60 Å². The average Bonchev–Trinajstić information content (AvgIpc) is 3.22. The standard InChI is InChI=1S/C49H35NO/c1-6-18-36(19-7-1)43-28-16-17-29-44(43)37-30-32-45-46-33-31-42(50(40-24-12-4-13-25-40)41-26-14-5-15-27-41)35-48(46)51-49(47(45)34-37,38-20-8-2-9-21-38)39-22-10-3-11-23-39/h1-35H. The van der Waals surface area contributed by atoms with Crippen molar-refractivity contribution in [2.24, 2.45) is 0 Å². The smallest absolute Gasteiger partial charge is 0.185 e. The van der Waals surface area contributed by atoms with E-state index >= 15 is 0 Å². The Morgan fingerprint density at radius 3 is 1.37 bits per heavy atom. The minimum absolute atomic E-state index is 0.835. The van der Waals surface area contributed by atoms with Gasteiger partial charge < -0.3 is 9.64 Å². The van der Waals surface area contributed by atoms with Crippen molar-refractivity contribution in [1.29, 1.82) is 0 Å². The van der Waals surface area contributed by atoms with Crippen LogP contribution in [0.3, 0.4) is 0 Å². The molecule has 242 valence electrons. The molecule has 0 saturated heterocycles. The Hall–Kier alpha value is -6.64. The van der Waals surface area contributed by atoms with Gasteiger partial charge in [0.25, 0.3) is 0 Å². The number of ether oxygens (including phenoxy) is 1. The van der Waals surface area contributed by atoms with Gasteiger partial charge in [-0.1, -0.05) is 164 Å². The van der Waals surface area contributed by atoms with E-state index in [0.717, 1.165) is 56.2 Å². The van der Waals surface area contributed by atoms with Crippen molar-refractivity contribution in [3.8, 4) is 39.1 Å². The molecule has 0 fully saturated rings. The molecular weight excluding hydrogens is 619 g/mol. The summed E-state index contributed by atoms with van der Waals surface area (Å²) in [5, 5.41) is 0. The number of para-hydroxylation sites is 2. The minimum atomic E-state index is -0.911. The number of fused-ring (bicyclic) bond motifs is 3. The summed E-state index contributed by atoms with van der Waals surface area (Å²) in [6, 6.07) is 75.2. The van der Waals surface area contributed by atoms with Gasteiger partial charge in [-0.2, -0.15) is 0 Å². The van der Waals surface area contributed by atoms with Gasteiger partial charge in [0.2, 0.25) is 0 Å². The van der Waals surface area contributed by atoms with Gasteiger partial charge in [0.1, 0.15) is 5.75 Å². The van der Waals surface area contributed by atoms with Gasteiger partial charge >= 0.3 is 0 Å². The van der Waals surface area contributed by atoms with Crippen LogP contribution in [-0.4, -0.2) is 0 Å². The summed E-state index contributed by atoms with van der Waals surface area (Å²) in [6.07, 6.45) is 0. The third-order valence-electron chi connectivity index (χ3n) is 9.89. The highest BCUT2D eigenvalue weighted by Crippen LogP contribution is 2.54. The fourth-order valence-electron chi connectivity index (χ4n) is 7.56. The maximum Gasteiger partial charge on any atom is 0.185 e. The van der Waals surface area contributed by atoms with Crippen LogP contribution < -0.4 is 9.64 Å². The number of hydrogen-bond donors (Lipinski definition) is 0. The van der Waals surface area contributed by atoms with Crippen molar-refractivity contribution in [3.63, 3.8) is 0 Å². The van der Waals surface area contributed by atoms with Crippen molar-refractivity contribution in [3.05, 3.63) is 229 Å². The van der Waals surface area contributed by atoms with E-state index in [0.29, 0.717) is 0 Å². The molecule has 9 rings (SSSR count). The Labute approximate surface area is 299 Å². The van der Waals surface area contributed by atoms with E-state index in [1.807, 2.05) is 0 Å². The van der Waals surface area contributed by atoms with E-state index in [4.69, 9.17) is 4.74 Å². The number of hydrogen-bond acceptors (Lipinski definition) is 2. The lowest BCUT2D eigenvalue weighted by Crippen LogP contribution is -2.38. The van der Waals surface area contributed by atoms with Gasteiger partial charge in [-0.05, 0) is 70.3 Å². The van der Waals surface area contributed by atoms with Crippen LogP contribution in [0, 0.1) is 0 Å². The van der Waals surface area contributed by atoms with Gasteiger partial charge in [-0.3, -0.25) is 0 Å². The molecule has 2 nitrogen and oxygen atoms in total. The zero-order chi connectivity index (χ0) is 34.0. The van der Waals surface area contributed by atoms with Crippen LogP contribution in [0.15, 0.2) is 212 Å². The van der Waals surface area contributed by atoms with Crippen LogP contribution in [-0.2, 0) is 5.60 Å². The molecule has 0 spiro atoms. The molecule has 0 bridgehead atoms. The van der Waals surface area contributed by atoms with E-state index in [1.54, 1.807) is 0 Å². The fraction of sp³-hybridized carbons (Fsp3) is 0.0204. The van der Waals surface area contributed by atoms with Crippen LogP contribution >= 0.6 is 0 Å². The summed E-state index contributed by atoms with van der Waals surface area (Å²) in [4.78, 5) is 2.29. The van der Waals surface area contributed by atoms with Crippen molar-refractivity contribution >= 4 is 17.1 Å². The topological polar surface area (TPSA) is 12.5 Å². The summed E-state index contributed by atoms with van der Waals surface area (Å²) in [5.74, 6) is 0.835. The largest absolute Gasteiger partial charge is 0.472 e. The summed E-state index contributed by atoms with van der Waals surface area (Å²) < 4.78 is 7.56. The summed E-state index contributed by atoms with van der Waals surface area (Å²) >= 11 is 0. The average molecular weight is 654 g/mol. The summed E-state index contributed by atoms with van der Waals surface area (Å²) in [7, 11) is 0. The number of anilines is 3. The van der Waals surface area contributed by atoms with Crippen molar-refractivity contribution in [1.82, 2.24) is 0 Å². The summed E-state index contributed by atoms with van der Waals surface area (Å²) in [6.45, 7) is 0. The fourth-order valence-corrected chi connectivity index (χ4v) is 7.56. The Morgan fingerprint density at radius 2 is 0.804 bits per heavy atom. The minimum Gasteiger partial charge on any atom is -0.472 e. The molecule has 2 heteroatoms. The first kappa shape index (κ1) is 30.4. The monoisotopic (exact) mass is 653 g/mol. The molecule has 0 atom stereocenters. The Bertz CT molecular complexity index is 2350. The maximum atomic E-state index is 7.56. The number of benzene rings is 8. The Morgan fingerprint density at radius 1 is 0.333 bits per heavy atom. The van der Waals surface area contributed by atoms with Gasteiger partial charge in [0.15, 0.2) is 5.60 Å². The van der Waals surface area contributed by atoms with Crippen LogP contribution in [0.25, 0.3) is 33.4 Å². The quantitative estimate of drug-likeness (QED) is 0.170. The molecule has 0 saturated carbocycles. The highest BCUT2D eigenvalue weighted by atomic mass is 16.5. The first-order chi connectivity index (χ1) is 25.3. The lowest BCUT2D eigenvalue weighted by molar-refractivity contribution is 0.152. The van der Waals surface area contributed by atoms with E-state index in [1.165, 1.54) is 16.7 Å². The Balaban J connectivity index is 1.30. The highest BCUT2D eigenvalue weighted by molar-refractivity contribution is 5.89. The van der Waals surface area contributed by atoms with Gasteiger partial charge in [-0.15, -0.1) is 0 Å². The van der Waals surface area contributed by atoms with Crippen LogP contribution in [0.2, 0.25) is 0 Å². The highest BCUT2D eigenvalue weighted by Gasteiger charge is 2.44. The molecule has 8 aromatic rings. The second-order valence-corrected chi connectivity index (χ2v) is 12.9. The van der Waals surface area contributed by atoms with E-state index < -0.39 is 5.60 Å². The Kier molecular flexibility index (Phi) is 7.75. The lowest BCUT2D eigenvalue weighted by Gasteiger charge is -2.42. The molecule has 1 aliphatic rings. The normalized spacial score (nSPS) is 12.6. The van der Waals surface area contributed by atoms with Crippen molar-refractivity contribution in [2.75, 3.05) is 4.90 Å². The van der Waals surface area contributed by atoms with Crippen LogP contribution in [0.4, 0.5) is 17.1 Å². The van der Waals surface area contributed by atoms with Crippen LogP contribution in [0.1, 0.15) is 16.7 Å².